The fraction of sp³-hybridized carbons (Fsp3) is 0.929. The first kappa shape index (κ1) is 16.4. The molecule has 2 aliphatic carbocycles. The number of esters is 1. The maximum Gasteiger partial charge on any atom is 0.309 e. The van der Waals surface area contributed by atoms with Crippen molar-refractivity contribution in [3.8, 4) is 0 Å². The van der Waals surface area contributed by atoms with Crippen LogP contribution in [0.15, 0.2) is 0 Å². The first-order chi connectivity index (χ1) is 7.15. The van der Waals surface area contributed by atoms with Crippen molar-refractivity contribution < 1.29 is 14.6 Å². The summed E-state index contributed by atoms with van der Waals surface area (Å²) in [4.78, 5) is 11.7. The zero-order valence-electron chi connectivity index (χ0n) is 9.48. The summed E-state index contributed by atoms with van der Waals surface area (Å²) in [6, 6.07) is 0. The molecule has 0 saturated heterocycles. The van der Waals surface area contributed by atoms with E-state index >= 15 is 0 Å². The van der Waals surface area contributed by atoms with Crippen LogP contribution in [0.3, 0.4) is 0 Å². The predicted molar refractivity (Wildman–Crippen MR) is 69.5 cm³/mol. The van der Waals surface area contributed by atoms with Crippen LogP contribution in [0, 0.1) is 29.6 Å². The lowest BCUT2D eigenvalue weighted by Gasteiger charge is -2.30. The van der Waals surface area contributed by atoms with Crippen LogP contribution in [0.5, 0.6) is 0 Å². The van der Waals surface area contributed by atoms with Crippen LogP contribution in [0.25, 0.3) is 0 Å². The van der Waals surface area contributed by atoms with Gasteiger partial charge in [0.2, 0.25) is 0 Å². The summed E-state index contributed by atoms with van der Waals surface area (Å²) >= 11 is 0. The van der Waals surface area contributed by atoms with Crippen LogP contribution in [0.4, 0.5) is 0 Å². The van der Waals surface area contributed by atoms with Crippen LogP contribution in [-0.2, 0) is 9.53 Å². The minimum atomic E-state index is -0.0877. The number of hydrogen-bond donors (Lipinski definition) is 1. The summed E-state index contributed by atoms with van der Waals surface area (Å²) in [7, 11) is 0. The number of aliphatic hydroxyl groups excluding tert-OH is 1. The molecule has 1 N–H and O–H groups in total. The molecule has 0 aromatic heterocycles. The lowest BCUT2D eigenvalue weighted by Crippen LogP contribution is -2.31. The number of carbonyl (C=O) groups is 1. The minimum Gasteiger partial charge on any atom is -0.463 e. The smallest absolute Gasteiger partial charge is 0.309 e. The Labute approximate surface area is 106 Å². The van der Waals surface area contributed by atoms with Gasteiger partial charge in [-0.3, -0.25) is 4.79 Å². The third kappa shape index (κ3) is 2.82. The highest BCUT2D eigenvalue weighted by Crippen LogP contribution is 2.55. The third-order valence-corrected chi connectivity index (χ3v) is 4.54. The van der Waals surface area contributed by atoms with Crippen molar-refractivity contribution >= 4 is 5.97 Å². The lowest BCUT2D eigenvalue weighted by molar-refractivity contribution is -0.152. The lowest BCUT2D eigenvalue weighted by atomic mass is 9.76. The Hall–Kier alpha value is -0.570. The number of aliphatic hydroxyl groups is 1. The van der Waals surface area contributed by atoms with Gasteiger partial charge in [0.15, 0.2) is 0 Å². The first-order valence-electron chi connectivity index (χ1n) is 5.92. The Morgan fingerprint density at radius 1 is 1.24 bits per heavy atom. The fourth-order valence-corrected chi connectivity index (χ4v) is 3.46. The molecule has 2 rings (SSSR count). The van der Waals surface area contributed by atoms with E-state index in [1.165, 1.54) is 6.42 Å². The zero-order chi connectivity index (χ0) is 11.0. The zero-order valence-corrected chi connectivity index (χ0v) is 9.48. The summed E-state index contributed by atoms with van der Waals surface area (Å²) in [6.07, 6.45) is 2.20. The molecule has 0 aliphatic heterocycles. The Kier molecular flexibility index (Phi) is 6.17. The first-order valence-corrected chi connectivity index (χ1v) is 5.92. The maximum atomic E-state index is 11.7. The Bertz CT molecular complexity index is 250. The van der Waals surface area contributed by atoms with Crippen molar-refractivity contribution in [2.24, 2.45) is 29.6 Å². The monoisotopic (exact) mass is 244 g/mol. The quantitative estimate of drug-likeness (QED) is 0.776. The van der Waals surface area contributed by atoms with Gasteiger partial charge in [-0.25, -0.2) is 0 Å². The molecule has 0 heterocycles. The Morgan fingerprint density at radius 3 is 2.35 bits per heavy atom. The topological polar surface area (TPSA) is 46.5 Å². The van der Waals surface area contributed by atoms with E-state index in [0.29, 0.717) is 11.8 Å². The molecule has 5 atom stereocenters. The molecule has 2 fully saturated rings. The molecule has 102 valence electrons. The van der Waals surface area contributed by atoms with Gasteiger partial charge in [0.25, 0.3) is 0 Å². The van der Waals surface area contributed by atoms with Crippen molar-refractivity contribution in [3.05, 3.63) is 0 Å². The van der Waals surface area contributed by atoms with Gasteiger partial charge in [0.05, 0.1) is 12.5 Å². The van der Waals surface area contributed by atoms with E-state index in [2.05, 4.69) is 13.8 Å². The number of ether oxygens (including phenoxy) is 1. The summed E-state index contributed by atoms with van der Waals surface area (Å²) < 4.78 is 5.02. The molecular formula is C14H28O3. The van der Waals surface area contributed by atoms with Crippen molar-refractivity contribution in [3.63, 3.8) is 0 Å². The average Bonchev–Trinajstić information content (AvgIpc) is 2.77. The second-order valence-electron chi connectivity index (χ2n) is 5.11. The van der Waals surface area contributed by atoms with Gasteiger partial charge in [0.1, 0.15) is 6.61 Å². The van der Waals surface area contributed by atoms with Crippen LogP contribution in [-0.4, -0.2) is 24.3 Å². The van der Waals surface area contributed by atoms with Crippen molar-refractivity contribution in [2.45, 2.75) is 41.5 Å². The van der Waals surface area contributed by atoms with Gasteiger partial charge >= 0.3 is 5.97 Å². The molecule has 0 aromatic carbocycles. The van der Waals surface area contributed by atoms with Gasteiger partial charge in [-0.15, -0.1) is 0 Å². The normalized spacial score (nSPS) is 38.2. The molecule has 17 heavy (non-hydrogen) atoms. The summed E-state index contributed by atoms with van der Waals surface area (Å²) in [5, 5.41) is 8.61. The maximum absolute atomic E-state index is 11.7. The predicted octanol–water partition coefficient (Wildman–Crippen LogP) is 2.72. The molecule has 0 radical (unpaired) electrons. The Balaban J connectivity index is 0.00000128. The molecule has 3 nitrogen and oxygen atoms in total. The van der Waals surface area contributed by atoms with Gasteiger partial charge in [0, 0.05) is 0 Å². The molecule has 2 aliphatic rings. The molecule has 0 aromatic rings. The van der Waals surface area contributed by atoms with E-state index in [1.54, 1.807) is 0 Å². The highest BCUT2D eigenvalue weighted by Gasteiger charge is 2.51. The van der Waals surface area contributed by atoms with Crippen molar-refractivity contribution in [2.75, 3.05) is 13.2 Å². The highest BCUT2D eigenvalue weighted by molar-refractivity contribution is 5.73. The summed E-state index contributed by atoms with van der Waals surface area (Å²) in [5.41, 5.74) is 0. The highest BCUT2D eigenvalue weighted by atomic mass is 16.5. The number of hydrogen-bond acceptors (Lipinski definition) is 3. The second-order valence-corrected chi connectivity index (χ2v) is 5.11. The standard InChI is InChI=1S/C12H20O3.2CH4/c1-7-8(2)10-5-9(7)6-11(10)12(14)15-4-3-13;;/h7-11,13H,3-6H2,1-2H3;2*1H4. The molecule has 2 bridgehead atoms. The van der Waals surface area contributed by atoms with Crippen LogP contribution in [0.1, 0.15) is 41.5 Å². The molecule has 2 saturated carbocycles. The van der Waals surface area contributed by atoms with Gasteiger partial charge in [-0.05, 0) is 36.5 Å². The van der Waals surface area contributed by atoms with E-state index in [4.69, 9.17) is 9.84 Å². The van der Waals surface area contributed by atoms with Gasteiger partial charge < -0.3 is 9.84 Å². The van der Waals surface area contributed by atoms with E-state index in [1.807, 2.05) is 0 Å². The SMILES string of the molecule is C.C.CC1C2CC(C(=O)OCCO)C(C2)C1C. The summed E-state index contributed by atoms with van der Waals surface area (Å²) in [5.74, 6) is 2.67. The van der Waals surface area contributed by atoms with E-state index in [0.717, 1.165) is 18.3 Å². The largest absolute Gasteiger partial charge is 0.463 e. The van der Waals surface area contributed by atoms with Crippen molar-refractivity contribution in [1.82, 2.24) is 0 Å². The Morgan fingerprint density at radius 2 is 1.88 bits per heavy atom. The average molecular weight is 244 g/mol. The number of carbonyl (C=O) groups excluding carboxylic acids is 1. The van der Waals surface area contributed by atoms with E-state index < -0.39 is 0 Å². The summed E-state index contributed by atoms with van der Waals surface area (Å²) in [6.45, 7) is 4.63. The fourth-order valence-electron chi connectivity index (χ4n) is 3.46. The van der Waals surface area contributed by atoms with Gasteiger partial charge in [-0.1, -0.05) is 28.7 Å². The number of rotatable bonds is 3. The van der Waals surface area contributed by atoms with Gasteiger partial charge in [-0.2, -0.15) is 0 Å². The second kappa shape index (κ2) is 6.39. The van der Waals surface area contributed by atoms with Crippen LogP contribution in [0.2, 0.25) is 0 Å². The molecule has 0 amide bonds. The molecule has 3 heteroatoms. The minimum absolute atomic E-state index is 0. The number of fused-ring (bicyclic) bond motifs is 2. The van der Waals surface area contributed by atoms with E-state index in [9.17, 15) is 4.79 Å². The molecule has 5 unspecified atom stereocenters. The molecular weight excluding hydrogens is 216 g/mol. The molecule has 0 spiro atoms. The van der Waals surface area contributed by atoms with Crippen molar-refractivity contribution in [1.29, 1.82) is 0 Å². The van der Waals surface area contributed by atoms with E-state index in [-0.39, 0.29) is 40.0 Å². The third-order valence-electron chi connectivity index (χ3n) is 4.54. The van der Waals surface area contributed by atoms with Crippen LogP contribution >= 0.6 is 0 Å². The van der Waals surface area contributed by atoms with Crippen LogP contribution < -0.4 is 0 Å².